The molecule has 1 fully saturated rings. The smallest absolute Gasteiger partial charge is 0.270 e. The van der Waals surface area contributed by atoms with Crippen LogP contribution in [0.25, 0.3) is 0 Å². The van der Waals surface area contributed by atoms with Crippen molar-refractivity contribution in [3.05, 3.63) is 0 Å². The van der Waals surface area contributed by atoms with Crippen LogP contribution in [0.15, 0.2) is 5.10 Å². The molecule has 2 aliphatic heterocycles. The first-order chi connectivity index (χ1) is 9.76. The topological polar surface area (TPSA) is 99.2 Å². The highest BCUT2D eigenvalue weighted by atomic mass is 32.2. The van der Waals surface area contributed by atoms with Crippen LogP contribution in [0.4, 0.5) is 0 Å². The summed E-state index contributed by atoms with van der Waals surface area (Å²) in [6.07, 6.45) is 3.17. The Bertz CT molecular complexity index is 572. The Morgan fingerprint density at radius 2 is 2.10 bits per heavy atom. The van der Waals surface area contributed by atoms with Crippen LogP contribution in [0, 0.1) is 0 Å². The van der Waals surface area contributed by atoms with E-state index in [4.69, 9.17) is 0 Å². The van der Waals surface area contributed by atoms with Crippen molar-refractivity contribution in [2.45, 2.75) is 31.7 Å². The third-order valence-corrected chi connectivity index (χ3v) is 4.31. The summed E-state index contributed by atoms with van der Waals surface area (Å²) in [7, 11) is -1.76. The number of hydrazone groups is 1. The van der Waals surface area contributed by atoms with Crippen LogP contribution in [0.2, 0.25) is 0 Å². The number of nitrogens with zero attached hydrogens (tertiary/aromatic N) is 3. The number of piperidine rings is 1. The van der Waals surface area contributed by atoms with Gasteiger partial charge in [-0.25, -0.2) is 18.1 Å². The lowest BCUT2D eigenvalue weighted by atomic mass is 10.0. The van der Waals surface area contributed by atoms with Crippen molar-refractivity contribution in [2.75, 3.05) is 26.4 Å². The van der Waals surface area contributed by atoms with Crippen molar-refractivity contribution in [1.82, 2.24) is 14.6 Å². The summed E-state index contributed by atoms with van der Waals surface area (Å²) in [5.74, 6) is -0.323. The number of nitrogens with one attached hydrogen (secondary N) is 1. The molecular weight excluding hydrogens is 296 g/mol. The van der Waals surface area contributed by atoms with Gasteiger partial charge in [0, 0.05) is 39.0 Å². The molecule has 2 amide bonds. The Morgan fingerprint density at radius 1 is 1.38 bits per heavy atom. The first-order valence-corrected chi connectivity index (χ1v) is 8.76. The van der Waals surface area contributed by atoms with E-state index in [1.165, 1.54) is 12.1 Å². The van der Waals surface area contributed by atoms with Gasteiger partial charge >= 0.3 is 0 Å². The molecule has 0 bridgehead atoms. The largest absolute Gasteiger partial charge is 0.336 e. The van der Waals surface area contributed by atoms with Crippen molar-refractivity contribution >= 4 is 27.5 Å². The van der Waals surface area contributed by atoms with Crippen molar-refractivity contribution in [3.8, 4) is 0 Å². The summed E-state index contributed by atoms with van der Waals surface area (Å²) < 4.78 is 25.1. The lowest BCUT2D eigenvalue weighted by Gasteiger charge is -2.33. The van der Waals surface area contributed by atoms with E-state index in [9.17, 15) is 18.0 Å². The third-order valence-electron chi connectivity index (χ3n) is 3.54. The minimum Gasteiger partial charge on any atom is -0.336 e. The maximum absolute atomic E-state index is 12.4. The minimum absolute atomic E-state index is 0.109. The Morgan fingerprint density at radius 3 is 2.71 bits per heavy atom. The molecule has 0 saturated carbocycles. The predicted octanol–water partition coefficient (Wildman–Crippen LogP) is -0.865. The number of hydrogen-bond acceptors (Lipinski definition) is 5. The van der Waals surface area contributed by atoms with Gasteiger partial charge in [0.2, 0.25) is 15.9 Å². The Balaban J connectivity index is 2.02. The molecule has 2 aliphatic rings. The van der Waals surface area contributed by atoms with E-state index < -0.39 is 10.0 Å². The predicted molar refractivity (Wildman–Crippen MR) is 77.0 cm³/mol. The van der Waals surface area contributed by atoms with Crippen LogP contribution in [0.1, 0.15) is 25.7 Å². The second kappa shape index (κ2) is 6.10. The van der Waals surface area contributed by atoms with Gasteiger partial charge in [-0.15, -0.1) is 0 Å². The summed E-state index contributed by atoms with van der Waals surface area (Å²) in [5, 5.41) is 5.20. The third kappa shape index (κ3) is 4.24. The van der Waals surface area contributed by atoms with E-state index >= 15 is 0 Å². The molecule has 118 valence electrons. The van der Waals surface area contributed by atoms with Gasteiger partial charge in [0.15, 0.2) is 0 Å². The second-order valence-corrected chi connectivity index (χ2v) is 7.22. The average Bonchev–Trinajstić information content (AvgIpc) is 2.39. The van der Waals surface area contributed by atoms with Crippen LogP contribution >= 0.6 is 0 Å². The van der Waals surface area contributed by atoms with E-state index in [0.29, 0.717) is 31.6 Å². The number of carbonyl (C=O) groups is 2. The Labute approximate surface area is 124 Å². The molecule has 2 rings (SSSR count). The molecule has 0 aromatic rings. The fraction of sp³-hybridized carbons (Fsp3) is 0.750. The maximum Gasteiger partial charge on any atom is 0.270 e. The maximum atomic E-state index is 12.4. The number of likely N-dealkylation sites (tertiary alicyclic amines) is 1. The highest BCUT2D eigenvalue weighted by Crippen LogP contribution is 2.15. The minimum atomic E-state index is -3.28. The zero-order valence-corrected chi connectivity index (χ0v) is 13.0. The molecule has 1 atom stereocenters. The zero-order chi connectivity index (χ0) is 15.6. The molecule has 0 radical (unpaired) electrons. The van der Waals surface area contributed by atoms with Gasteiger partial charge in [0.25, 0.3) is 5.91 Å². The van der Waals surface area contributed by atoms with Gasteiger partial charge in [-0.1, -0.05) is 0 Å². The van der Waals surface area contributed by atoms with Gasteiger partial charge in [0.1, 0.15) is 5.71 Å². The Hall–Kier alpha value is -1.48. The summed E-state index contributed by atoms with van der Waals surface area (Å²) >= 11 is 0. The van der Waals surface area contributed by atoms with E-state index in [1.54, 1.807) is 4.90 Å². The number of hydrogen-bond donors (Lipinski definition) is 1. The molecule has 0 aliphatic carbocycles. The van der Waals surface area contributed by atoms with Gasteiger partial charge in [-0.05, 0) is 12.8 Å². The monoisotopic (exact) mass is 316 g/mol. The van der Waals surface area contributed by atoms with Crippen LogP contribution in [0.5, 0.6) is 0 Å². The van der Waals surface area contributed by atoms with Crippen molar-refractivity contribution < 1.29 is 18.0 Å². The fourth-order valence-corrected chi connectivity index (χ4v) is 3.36. The van der Waals surface area contributed by atoms with Crippen LogP contribution < -0.4 is 4.72 Å². The first kappa shape index (κ1) is 15.9. The molecule has 0 aromatic heterocycles. The molecule has 21 heavy (non-hydrogen) atoms. The quantitative estimate of drug-likeness (QED) is 0.732. The highest BCUT2D eigenvalue weighted by molar-refractivity contribution is 7.88. The summed E-state index contributed by atoms with van der Waals surface area (Å²) in [4.78, 5) is 25.4. The fourth-order valence-electron chi connectivity index (χ4n) is 2.57. The molecule has 0 spiro atoms. The number of rotatable bonds is 3. The van der Waals surface area contributed by atoms with Crippen molar-refractivity contribution in [2.24, 2.45) is 5.10 Å². The summed E-state index contributed by atoms with van der Waals surface area (Å²) in [6, 6.07) is -0.263. The molecule has 1 N–H and O–H groups in total. The summed E-state index contributed by atoms with van der Waals surface area (Å²) in [6.45, 7) is 0.917. The molecule has 8 nitrogen and oxygen atoms in total. The van der Waals surface area contributed by atoms with Crippen molar-refractivity contribution in [3.63, 3.8) is 0 Å². The van der Waals surface area contributed by atoms with Crippen LogP contribution in [0.3, 0.4) is 0 Å². The van der Waals surface area contributed by atoms with E-state index in [2.05, 4.69) is 9.82 Å². The van der Waals surface area contributed by atoms with Gasteiger partial charge < -0.3 is 4.90 Å². The van der Waals surface area contributed by atoms with Crippen LogP contribution in [-0.2, 0) is 19.6 Å². The van der Waals surface area contributed by atoms with Crippen LogP contribution in [-0.4, -0.2) is 68.3 Å². The zero-order valence-electron chi connectivity index (χ0n) is 12.2. The molecular formula is C12H20N4O4S. The number of amides is 2. The lowest BCUT2D eigenvalue weighted by molar-refractivity contribution is -0.130. The summed E-state index contributed by atoms with van der Waals surface area (Å²) in [5.41, 5.74) is 0.358. The average molecular weight is 316 g/mol. The van der Waals surface area contributed by atoms with Crippen molar-refractivity contribution in [1.29, 1.82) is 0 Å². The molecule has 2 heterocycles. The van der Waals surface area contributed by atoms with E-state index in [-0.39, 0.29) is 24.3 Å². The SMILES string of the molecule is CN1N=C(C(=O)N2CCC[C@H](NS(C)(=O)=O)C2)CCC1=O. The first-order valence-electron chi connectivity index (χ1n) is 6.87. The normalized spacial score (nSPS) is 24.0. The van der Waals surface area contributed by atoms with Gasteiger partial charge in [0.05, 0.1) is 6.26 Å². The second-order valence-electron chi connectivity index (χ2n) is 5.44. The molecule has 1 saturated heterocycles. The molecule has 0 aromatic carbocycles. The number of carbonyl (C=O) groups excluding carboxylic acids is 2. The lowest BCUT2D eigenvalue weighted by Crippen LogP contribution is -2.51. The molecule has 9 heteroatoms. The van der Waals surface area contributed by atoms with E-state index in [1.807, 2.05) is 0 Å². The molecule has 0 unspecified atom stereocenters. The number of sulfonamides is 1. The van der Waals surface area contributed by atoms with Gasteiger partial charge in [-0.3, -0.25) is 9.59 Å². The Kier molecular flexibility index (Phi) is 4.62. The van der Waals surface area contributed by atoms with E-state index in [0.717, 1.165) is 12.7 Å². The van der Waals surface area contributed by atoms with Gasteiger partial charge in [-0.2, -0.15) is 5.10 Å². The standard InChI is InChI=1S/C12H20N4O4S/c1-15-11(17)6-5-10(13-15)12(18)16-7-3-4-9(8-16)14-21(2,19)20/h9,14H,3-8H2,1-2H3/t9-/m0/s1. The highest BCUT2D eigenvalue weighted by Gasteiger charge is 2.30.